The highest BCUT2D eigenvalue weighted by atomic mass is 16.6. The molecule has 16 heavy (non-hydrogen) atoms. The Morgan fingerprint density at radius 2 is 2.19 bits per heavy atom. The largest absolute Gasteiger partial charge is 0.370 e. The molecule has 0 aromatic heterocycles. The number of carbonyl (C=O) groups is 1. The van der Waals surface area contributed by atoms with E-state index in [0.29, 0.717) is 5.69 Å². The monoisotopic (exact) mass is 223 g/mol. The molecule has 6 heteroatoms. The minimum absolute atomic E-state index is 0.0161. The molecule has 0 saturated carbocycles. The molecule has 0 heterocycles. The molecule has 0 aliphatic rings. The average Bonchev–Trinajstić information content (AvgIpc) is 2.26. The normalized spacial score (nSPS) is 9.62. The summed E-state index contributed by atoms with van der Waals surface area (Å²) in [4.78, 5) is 21.3. The smallest absolute Gasteiger partial charge is 0.292 e. The molecule has 2 N–H and O–H groups in total. The molecular formula is C10H13N3O3. The van der Waals surface area contributed by atoms with Crippen LogP contribution in [-0.4, -0.2) is 24.4 Å². The van der Waals surface area contributed by atoms with Crippen molar-refractivity contribution in [3.8, 4) is 0 Å². The second-order valence-electron chi connectivity index (χ2n) is 3.25. The Morgan fingerprint density at radius 3 is 2.75 bits per heavy atom. The molecule has 86 valence electrons. The summed E-state index contributed by atoms with van der Waals surface area (Å²) in [6, 6.07) is 4.76. The first-order chi connectivity index (χ1) is 7.56. The van der Waals surface area contributed by atoms with Gasteiger partial charge in [-0.05, 0) is 12.5 Å². The molecule has 1 rings (SSSR count). The lowest BCUT2D eigenvalue weighted by Gasteiger charge is -2.08. The van der Waals surface area contributed by atoms with Crippen molar-refractivity contribution in [2.75, 3.05) is 18.9 Å². The zero-order chi connectivity index (χ0) is 12.1. The summed E-state index contributed by atoms with van der Waals surface area (Å²) >= 11 is 0. The molecular weight excluding hydrogens is 210 g/mol. The lowest BCUT2D eigenvalue weighted by molar-refractivity contribution is -0.384. The standard InChI is InChI=1S/C10H13N3O3/c1-7-4-3-5-8(13(15)16)10(7)12-6-9(14)11-2/h3-5,12H,6H2,1-2H3,(H,11,14). The van der Waals surface area contributed by atoms with Crippen LogP contribution in [0.1, 0.15) is 5.56 Å². The van der Waals surface area contributed by atoms with Crippen molar-refractivity contribution in [1.29, 1.82) is 0 Å². The van der Waals surface area contributed by atoms with Gasteiger partial charge in [0.05, 0.1) is 11.5 Å². The number of para-hydroxylation sites is 1. The fourth-order valence-electron chi connectivity index (χ4n) is 1.29. The fraction of sp³-hybridized carbons (Fsp3) is 0.300. The molecule has 0 spiro atoms. The number of hydrogen-bond acceptors (Lipinski definition) is 4. The van der Waals surface area contributed by atoms with Gasteiger partial charge in [0.1, 0.15) is 5.69 Å². The van der Waals surface area contributed by atoms with Gasteiger partial charge >= 0.3 is 0 Å². The predicted octanol–water partition coefficient (Wildman–Crippen LogP) is 1.06. The van der Waals surface area contributed by atoms with E-state index in [4.69, 9.17) is 0 Å². The van der Waals surface area contributed by atoms with Crippen molar-refractivity contribution in [3.63, 3.8) is 0 Å². The number of benzene rings is 1. The predicted molar refractivity (Wildman–Crippen MR) is 60.4 cm³/mol. The zero-order valence-corrected chi connectivity index (χ0v) is 9.11. The number of amides is 1. The number of hydrogen-bond donors (Lipinski definition) is 2. The summed E-state index contributed by atoms with van der Waals surface area (Å²) in [5.74, 6) is -0.224. The summed E-state index contributed by atoms with van der Waals surface area (Å²) in [7, 11) is 1.51. The van der Waals surface area contributed by atoms with Gasteiger partial charge in [0.25, 0.3) is 5.69 Å². The van der Waals surface area contributed by atoms with E-state index < -0.39 is 4.92 Å². The van der Waals surface area contributed by atoms with Crippen LogP contribution in [0, 0.1) is 17.0 Å². The SMILES string of the molecule is CNC(=O)CNc1c(C)cccc1[N+](=O)[O-]. The van der Waals surface area contributed by atoms with Gasteiger partial charge in [0.2, 0.25) is 5.91 Å². The molecule has 6 nitrogen and oxygen atoms in total. The van der Waals surface area contributed by atoms with E-state index in [0.717, 1.165) is 5.56 Å². The lowest BCUT2D eigenvalue weighted by Crippen LogP contribution is -2.26. The summed E-state index contributed by atoms with van der Waals surface area (Å²) in [5.41, 5.74) is 1.10. The number of nitro benzene ring substituents is 1. The maximum absolute atomic E-state index is 11.0. The van der Waals surface area contributed by atoms with Crippen LogP contribution in [0.2, 0.25) is 0 Å². The summed E-state index contributed by atoms with van der Waals surface area (Å²) < 4.78 is 0. The Labute approximate surface area is 92.8 Å². The van der Waals surface area contributed by atoms with E-state index in [2.05, 4.69) is 10.6 Å². The van der Waals surface area contributed by atoms with Crippen molar-refractivity contribution < 1.29 is 9.72 Å². The van der Waals surface area contributed by atoms with Gasteiger partial charge < -0.3 is 10.6 Å². The highest BCUT2D eigenvalue weighted by Gasteiger charge is 2.15. The first-order valence-electron chi connectivity index (χ1n) is 4.74. The van der Waals surface area contributed by atoms with Gasteiger partial charge in [-0.1, -0.05) is 12.1 Å². The molecule has 0 atom stereocenters. The van der Waals surface area contributed by atoms with Gasteiger partial charge in [0.15, 0.2) is 0 Å². The second-order valence-corrected chi connectivity index (χ2v) is 3.25. The Morgan fingerprint density at radius 1 is 1.50 bits per heavy atom. The van der Waals surface area contributed by atoms with Crippen LogP contribution in [0.3, 0.4) is 0 Å². The quantitative estimate of drug-likeness (QED) is 0.590. The van der Waals surface area contributed by atoms with Crippen molar-refractivity contribution >= 4 is 17.3 Å². The molecule has 0 unspecified atom stereocenters. The number of nitrogens with zero attached hydrogens (tertiary/aromatic N) is 1. The number of nitro groups is 1. The van der Waals surface area contributed by atoms with E-state index >= 15 is 0 Å². The highest BCUT2D eigenvalue weighted by molar-refractivity contribution is 5.82. The van der Waals surface area contributed by atoms with Crippen molar-refractivity contribution in [2.24, 2.45) is 0 Å². The molecule has 0 aliphatic heterocycles. The molecule has 0 saturated heterocycles. The Kier molecular flexibility index (Phi) is 3.82. The second kappa shape index (κ2) is 5.11. The Balaban J connectivity index is 2.93. The minimum Gasteiger partial charge on any atom is -0.370 e. The van der Waals surface area contributed by atoms with Gasteiger partial charge in [-0.25, -0.2) is 0 Å². The number of nitrogens with one attached hydrogen (secondary N) is 2. The van der Waals surface area contributed by atoms with Crippen LogP contribution >= 0.6 is 0 Å². The molecule has 0 fully saturated rings. The van der Waals surface area contributed by atoms with Gasteiger partial charge in [-0.2, -0.15) is 0 Å². The van der Waals surface area contributed by atoms with Crippen LogP contribution in [0.5, 0.6) is 0 Å². The van der Waals surface area contributed by atoms with E-state index in [1.165, 1.54) is 13.1 Å². The van der Waals surface area contributed by atoms with Crippen LogP contribution in [0.25, 0.3) is 0 Å². The third-order valence-electron chi connectivity index (χ3n) is 2.15. The van der Waals surface area contributed by atoms with Gasteiger partial charge in [0, 0.05) is 13.1 Å². The van der Waals surface area contributed by atoms with Crippen LogP contribution in [0.15, 0.2) is 18.2 Å². The van der Waals surface area contributed by atoms with E-state index in [1.54, 1.807) is 19.1 Å². The number of rotatable bonds is 4. The topological polar surface area (TPSA) is 84.3 Å². The summed E-state index contributed by atoms with van der Waals surface area (Å²) in [5, 5.41) is 15.9. The Hall–Kier alpha value is -2.11. The lowest BCUT2D eigenvalue weighted by atomic mass is 10.1. The number of anilines is 1. The van der Waals surface area contributed by atoms with Crippen molar-refractivity contribution in [2.45, 2.75) is 6.92 Å². The zero-order valence-electron chi connectivity index (χ0n) is 9.11. The molecule has 0 bridgehead atoms. The number of carbonyl (C=O) groups excluding carboxylic acids is 1. The third-order valence-corrected chi connectivity index (χ3v) is 2.15. The van der Waals surface area contributed by atoms with E-state index in [1.807, 2.05) is 0 Å². The van der Waals surface area contributed by atoms with Crippen LogP contribution in [0.4, 0.5) is 11.4 Å². The highest BCUT2D eigenvalue weighted by Crippen LogP contribution is 2.27. The van der Waals surface area contributed by atoms with Gasteiger partial charge in [-0.15, -0.1) is 0 Å². The maximum atomic E-state index is 11.0. The Bertz CT molecular complexity index is 418. The molecule has 1 aromatic carbocycles. The number of aryl methyl sites for hydroxylation is 1. The van der Waals surface area contributed by atoms with Crippen molar-refractivity contribution in [1.82, 2.24) is 5.32 Å². The number of likely N-dealkylation sites (N-methyl/N-ethyl adjacent to an activating group) is 1. The summed E-state index contributed by atoms with van der Waals surface area (Å²) in [6.45, 7) is 1.77. The molecule has 1 aromatic rings. The van der Waals surface area contributed by atoms with Crippen molar-refractivity contribution in [3.05, 3.63) is 33.9 Å². The first-order valence-corrected chi connectivity index (χ1v) is 4.74. The maximum Gasteiger partial charge on any atom is 0.292 e. The molecule has 1 amide bonds. The summed E-state index contributed by atoms with van der Waals surface area (Å²) in [6.07, 6.45) is 0. The fourth-order valence-corrected chi connectivity index (χ4v) is 1.29. The first kappa shape index (κ1) is 12.0. The van der Waals surface area contributed by atoms with Crippen LogP contribution in [-0.2, 0) is 4.79 Å². The molecule has 0 radical (unpaired) electrons. The van der Waals surface area contributed by atoms with Gasteiger partial charge in [-0.3, -0.25) is 14.9 Å². The van der Waals surface area contributed by atoms with Crippen LogP contribution < -0.4 is 10.6 Å². The third kappa shape index (κ3) is 2.69. The minimum atomic E-state index is -0.473. The van der Waals surface area contributed by atoms with E-state index in [9.17, 15) is 14.9 Å². The van der Waals surface area contributed by atoms with E-state index in [-0.39, 0.29) is 18.1 Å². The molecule has 0 aliphatic carbocycles. The average molecular weight is 223 g/mol.